The van der Waals surface area contributed by atoms with Crippen LogP contribution in [0.2, 0.25) is 0 Å². The van der Waals surface area contributed by atoms with Gasteiger partial charge >= 0.3 is 6.18 Å². The second-order valence-corrected chi connectivity index (χ2v) is 3.37. The van der Waals surface area contributed by atoms with E-state index < -0.39 is 18.7 Å². The van der Waals surface area contributed by atoms with Crippen LogP contribution in [0.1, 0.15) is 18.3 Å². The van der Waals surface area contributed by atoms with Gasteiger partial charge in [0.05, 0.1) is 5.69 Å². The molecule has 0 aliphatic heterocycles. The highest BCUT2D eigenvalue weighted by Gasteiger charge is 2.38. The van der Waals surface area contributed by atoms with Gasteiger partial charge in [-0.2, -0.15) is 18.3 Å². The third-order valence-corrected chi connectivity index (χ3v) is 2.17. The van der Waals surface area contributed by atoms with Crippen LogP contribution in [-0.2, 0) is 19.9 Å². The molecule has 1 heterocycles. The minimum absolute atomic E-state index is 0.386. The average molecular weight is 222 g/mol. The normalized spacial score (nSPS) is 14.3. The van der Waals surface area contributed by atoms with Crippen LogP contribution in [0.3, 0.4) is 0 Å². The van der Waals surface area contributed by atoms with E-state index in [4.69, 9.17) is 5.11 Å². The van der Waals surface area contributed by atoms with Crippen molar-refractivity contribution in [2.45, 2.75) is 32.0 Å². The van der Waals surface area contributed by atoms with Crippen molar-refractivity contribution in [3.63, 3.8) is 0 Å². The number of aryl methyl sites for hydroxylation is 2. The summed E-state index contributed by atoms with van der Waals surface area (Å²) >= 11 is 0. The molecule has 6 heteroatoms. The molecule has 0 saturated heterocycles. The lowest BCUT2D eigenvalue weighted by Crippen LogP contribution is -2.31. The highest BCUT2D eigenvalue weighted by molar-refractivity contribution is 5.11. The van der Waals surface area contributed by atoms with Gasteiger partial charge in [0.2, 0.25) is 0 Å². The summed E-state index contributed by atoms with van der Waals surface area (Å²) in [5, 5.41) is 12.9. The number of hydrogen-bond donors (Lipinski definition) is 1. The molecule has 0 unspecified atom stereocenters. The maximum atomic E-state index is 12.1. The summed E-state index contributed by atoms with van der Waals surface area (Å²) in [4.78, 5) is 0. The molecule has 0 aliphatic rings. The Morgan fingerprint density at radius 2 is 2.13 bits per heavy atom. The zero-order valence-corrected chi connectivity index (χ0v) is 8.54. The number of nitrogens with zero attached hydrogens (tertiary/aromatic N) is 2. The molecule has 0 fully saturated rings. The lowest BCUT2D eigenvalue weighted by Gasteiger charge is -2.13. The number of aromatic nitrogens is 2. The molecule has 0 radical (unpaired) electrons. The van der Waals surface area contributed by atoms with Gasteiger partial charge in [-0.25, -0.2) is 0 Å². The molecule has 1 aromatic rings. The van der Waals surface area contributed by atoms with Gasteiger partial charge in [0.1, 0.15) is 0 Å². The minimum atomic E-state index is -4.57. The monoisotopic (exact) mass is 222 g/mol. The first kappa shape index (κ1) is 12.0. The SMILES string of the molecule is CCc1cc(C[C@@H](O)C(F)(F)F)n(C)n1. The molecule has 0 saturated carbocycles. The van der Waals surface area contributed by atoms with Crippen LogP contribution in [0, 0.1) is 0 Å². The molecule has 3 nitrogen and oxygen atoms in total. The molecule has 1 aromatic heterocycles. The smallest absolute Gasteiger partial charge is 0.383 e. The minimum Gasteiger partial charge on any atom is -0.383 e. The van der Waals surface area contributed by atoms with Crippen molar-refractivity contribution >= 4 is 0 Å². The Labute approximate surface area is 85.5 Å². The van der Waals surface area contributed by atoms with Gasteiger partial charge in [-0.3, -0.25) is 4.68 Å². The Morgan fingerprint density at radius 3 is 2.53 bits per heavy atom. The maximum absolute atomic E-state index is 12.1. The van der Waals surface area contributed by atoms with E-state index in [0.29, 0.717) is 12.1 Å². The molecule has 0 aliphatic carbocycles. The van der Waals surface area contributed by atoms with E-state index in [9.17, 15) is 13.2 Å². The van der Waals surface area contributed by atoms with Gasteiger partial charge in [0.15, 0.2) is 6.10 Å². The topological polar surface area (TPSA) is 38.0 Å². The standard InChI is InChI=1S/C9H13F3N2O/c1-3-6-4-7(14(2)13-6)5-8(15)9(10,11)12/h4,8,15H,3,5H2,1-2H3/t8-/m1/s1. The zero-order chi connectivity index (χ0) is 11.6. The van der Waals surface area contributed by atoms with Gasteiger partial charge < -0.3 is 5.11 Å². The van der Waals surface area contributed by atoms with E-state index in [2.05, 4.69) is 5.10 Å². The highest BCUT2D eigenvalue weighted by atomic mass is 19.4. The van der Waals surface area contributed by atoms with Crippen molar-refractivity contribution in [3.05, 3.63) is 17.5 Å². The number of aliphatic hydroxyl groups excluding tert-OH is 1. The van der Waals surface area contributed by atoms with Crippen LogP contribution in [0.25, 0.3) is 0 Å². The summed E-state index contributed by atoms with van der Waals surface area (Å²) in [6.07, 6.45) is -6.68. The van der Waals surface area contributed by atoms with E-state index in [1.165, 1.54) is 4.68 Å². The van der Waals surface area contributed by atoms with E-state index in [-0.39, 0.29) is 0 Å². The van der Waals surface area contributed by atoms with E-state index >= 15 is 0 Å². The lowest BCUT2D eigenvalue weighted by molar-refractivity contribution is -0.203. The van der Waals surface area contributed by atoms with Gasteiger partial charge in [-0.15, -0.1) is 0 Å². The van der Waals surface area contributed by atoms with Crippen molar-refractivity contribution in [2.75, 3.05) is 0 Å². The highest BCUT2D eigenvalue weighted by Crippen LogP contribution is 2.23. The van der Waals surface area contributed by atoms with Crippen LogP contribution in [0.5, 0.6) is 0 Å². The summed E-state index contributed by atoms with van der Waals surface area (Å²) in [6, 6.07) is 1.58. The number of alkyl halides is 3. The quantitative estimate of drug-likeness (QED) is 0.840. The Kier molecular flexibility index (Phi) is 3.38. The molecule has 15 heavy (non-hydrogen) atoms. The van der Waals surface area contributed by atoms with Gasteiger partial charge in [0.25, 0.3) is 0 Å². The van der Waals surface area contributed by atoms with Crippen LogP contribution < -0.4 is 0 Å². The van der Waals surface area contributed by atoms with Gasteiger partial charge in [-0.05, 0) is 12.5 Å². The molecule has 0 amide bonds. The fourth-order valence-corrected chi connectivity index (χ4v) is 1.25. The fourth-order valence-electron chi connectivity index (χ4n) is 1.25. The van der Waals surface area contributed by atoms with Crippen molar-refractivity contribution in [2.24, 2.45) is 7.05 Å². The Bertz CT molecular complexity index is 333. The van der Waals surface area contributed by atoms with Crippen molar-refractivity contribution in [1.82, 2.24) is 9.78 Å². The number of rotatable bonds is 3. The lowest BCUT2D eigenvalue weighted by atomic mass is 10.2. The summed E-state index contributed by atoms with van der Waals surface area (Å²) < 4.78 is 37.6. The summed E-state index contributed by atoms with van der Waals surface area (Å²) in [7, 11) is 1.57. The second-order valence-electron chi connectivity index (χ2n) is 3.37. The predicted octanol–water partition coefficient (Wildman–Crippen LogP) is 1.45. The molecule has 86 valence electrons. The van der Waals surface area contributed by atoms with Crippen LogP contribution in [0.15, 0.2) is 6.07 Å². The van der Waals surface area contributed by atoms with Crippen LogP contribution in [0.4, 0.5) is 13.2 Å². The van der Waals surface area contributed by atoms with Crippen LogP contribution in [-0.4, -0.2) is 27.2 Å². The number of hydrogen-bond acceptors (Lipinski definition) is 2. The first-order valence-corrected chi connectivity index (χ1v) is 4.61. The predicted molar refractivity (Wildman–Crippen MR) is 48.4 cm³/mol. The molecule has 1 rings (SSSR count). The van der Waals surface area contributed by atoms with Crippen LogP contribution >= 0.6 is 0 Å². The Hall–Kier alpha value is -1.04. The molecule has 1 atom stereocenters. The largest absolute Gasteiger partial charge is 0.414 e. The van der Waals surface area contributed by atoms with E-state index in [1.54, 1.807) is 13.1 Å². The van der Waals surface area contributed by atoms with E-state index in [1.807, 2.05) is 6.92 Å². The Balaban J connectivity index is 2.76. The summed E-state index contributed by atoms with van der Waals surface area (Å²) in [6.45, 7) is 1.87. The zero-order valence-electron chi connectivity index (χ0n) is 8.54. The summed E-state index contributed by atoms with van der Waals surface area (Å²) in [5.41, 5.74) is 1.11. The molecule has 0 spiro atoms. The average Bonchev–Trinajstić information content (AvgIpc) is 2.45. The first-order valence-electron chi connectivity index (χ1n) is 4.61. The molecular weight excluding hydrogens is 209 g/mol. The second kappa shape index (κ2) is 4.22. The van der Waals surface area contributed by atoms with Crippen molar-refractivity contribution in [3.8, 4) is 0 Å². The third-order valence-electron chi connectivity index (χ3n) is 2.17. The van der Waals surface area contributed by atoms with Crippen molar-refractivity contribution in [1.29, 1.82) is 0 Å². The number of aliphatic hydroxyl groups is 1. The maximum Gasteiger partial charge on any atom is 0.414 e. The fraction of sp³-hybridized carbons (Fsp3) is 0.667. The first-order chi connectivity index (χ1) is 6.84. The Morgan fingerprint density at radius 1 is 1.53 bits per heavy atom. The molecule has 0 bridgehead atoms. The molecule has 1 N–H and O–H groups in total. The van der Waals surface area contributed by atoms with Gasteiger partial charge in [0, 0.05) is 19.2 Å². The van der Waals surface area contributed by atoms with Gasteiger partial charge in [-0.1, -0.05) is 6.92 Å². The molecular formula is C9H13F3N2O. The van der Waals surface area contributed by atoms with E-state index in [0.717, 1.165) is 5.69 Å². The van der Waals surface area contributed by atoms with Crippen molar-refractivity contribution < 1.29 is 18.3 Å². The third kappa shape index (κ3) is 2.95. The summed E-state index contributed by atoms with van der Waals surface area (Å²) in [5.74, 6) is 0. The molecule has 0 aromatic carbocycles. The number of halogens is 3.